The molecule has 3 rings (SSSR count). The van der Waals surface area contributed by atoms with Gasteiger partial charge in [0.15, 0.2) is 5.82 Å². The quantitative estimate of drug-likeness (QED) is 0.846. The van der Waals surface area contributed by atoms with Gasteiger partial charge in [-0.15, -0.1) is 0 Å². The van der Waals surface area contributed by atoms with Crippen LogP contribution in [0.3, 0.4) is 0 Å². The first-order valence-corrected chi connectivity index (χ1v) is 7.58. The molecule has 0 saturated carbocycles. The third-order valence-electron chi connectivity index (χ3n) is 3.98. The average molecular weight is 287 g/mol. The minimum atomic E-state index is 0.275. The highest BCUT2D eigenvalue weighted by atomic mass is 16.5. The number of aromatic nitrogens is 2. The second-order valence-electron chi connectivity index (χ2n) is 5.24. The van der Waals surface area contributed by atoms with E-state index < -0.39 is 0 Å². The molecule has 1 aromatic heterocycles. The zero-order chi connectivity index (χ0) is 14.7. The van der Waals surface area contributed by atoms with Crippen LogP contribution >= 0.6 is 0 Å². The third kappa shape index (κ3) is 2.93. The van der Waals surface area contributed by atoms with Crippen molar-refractivity contribution in [2.75, 3.05) is 31.2 Å². The van der Waals surface area contributed by atoms with E-state index in [0.717, 1.165) is 37.5 Å². The summed E-state index contributed by atoms with van der Waals surface area (Å²) in [5, 5.41) is 4.09. The van der Waals surface area contributed by atoms with Crippen LogP contribution in [-0.2, 0) is 4.74 Å². The van der Waals surface area contributed by atoms with Gasteiger partial charge in [0.05, 0.1) is 6.61 Å². The molecule has 1 aliphatic heterocycles. The molecule has 0 unspecified atom stereocenters. The van der Waals surface area contributed by atoms with Gasteiger partial charge in [-0.1, -0.05) is 5.16 Å². The molecule has 0 N–H and O–H groups in total. The molecule has 1 aliphatic rings. The van der Waals surface area contributed by atoms with Crippen molar-refractivity contribution in [3.63, 3.8) is 0 Å². The number of anilines is 1. The summed E-state index contributed by atoms with van der Waals surface area (Å²) >= 11 is 0. The van der Waals surface area contributed by atoms with Gasteiger partial charge >= 0.3 is 0 Å². The monoisotopic (exact) mass is 287 g/mol. The fourth-order valence-corrected chi connectivity index (χ4v) is 2.66. The van der Waals surface area contributed by atoms with Crippen molar-refractivity contribution in [1.29, 1.82) is 0 Å². The van der Waals surface area contributed by atoms with Gasteiger partial charge in [-0.2, -0.15) is 4.98 Å². The Morgan fingerprint density at radius 1 is 1.19 bits per heavy atom. The predicted molar refractivity (Wildman–Crippen MR) is 81.5 cm³/mol. The van der Waals surface area contributed by atoms with Crippen molar-refractivity contribution >= 4 is 5.69 Å². The summed E-state index contributed by atoms with van der Waals surface area (Å²) in [7, 11) is 0. The topological polar surface area (TPSA) is 51.4 Å². The van der Waals surface area contributed by atoms with E-state index in [1.165, 1.54) is 5.69 Å². The lowest BCUT2D eigenvalue weighted by molar-refractivity contribution is 0.192. The number of benzene rings is 1. The molecule has 1 fully saturated rings. The molecule has 1 atom stereocenters. The summed E-state index contributed by atoms with van der Waals surface area (Å²) in [5.74, 6) is 1.62. The van der Waals surface area contributed by atoms with E-state index >= 15 is 0 Å². The Bertz CT molecular complexity index is 569. The molecule has 2 heterocycles. The average Bonchev–Trinajstić information content (AvgIpc) is 3.20. The van der Waals surface area contributed by atoms with Crippen LogP contribution < -0.4 is 4.90 Å². The Morgan fingerprint density at radius 3 is 2.57 bits per heavy atom. The highest BCUT2D eigenvalue weighted by Gasteiger charge is 2.23. The van der Waals surface area contributed by atoms with Crippen molar-refractivity contribution in [2.24, 2.45) is 0 Å². The lowest BCUT2D eigenvalue weighted by Crippen LogP contribution is -2.21. The largest absolute Gasteiger partial charge is 0.381 e. The molecule has 5 heteroatoms. The predicted octanol–water partition coefficient (Wildman–Crippen LogP) is 3.09. The van der Waals surface area contributed by atoms with Crippen LogP contribution in [0, 0.1) is 0 Å². The number of ether oxygens (including phenoxy) is 1. The van der Waals surface area contributed by atoms with E-state index in [0.29, 0.717) is 12.5 Å². The SMILES string of the molecule is CCN(CC)c1ccc(-c2nc([C@@H]3CCOC3)no2)cc1. The lowest BCUT2D eigenvalue weighted by Gasteiger charge is -2.20. The number of nitrogens with zero attached hydrogens (tertiary/aromatic N) is 3. The van der Waals surface area contributed by atoms with E-state index in [1.807, 2.05) is 12.1 Å². The van der Waals surface area contributed by atoms with Crippen molar-refractivity contribution in [3.8, 4) is 11.5 Å². The highest BCUT2D eigenvalue weighted by Crippen LogP contribution is 2.26. The van der Waals surface area contributed by atoms with Crippen LogP contribution in [0.25, 0.3) is 11.5 Å². The number of hydrogen-bond acceptors (Lipinski definition) is 5. The van der Waals surface area contributed by atoms with Crippen LogP contribution in [0.5, 0.6) is 0 Å². The van der Waals surface area contributed by atoms with Crippen LogP contribution in [-0.4, -0.2) is 36.4 Å². The molecule has 1 aromatic carbocycles. The Kier molecular flexibility index (Phi) is 4.20. The van der Waals surface area contributed by atoms with Gasteiger partial charge in [-0.05, 0) is 44.5 Å². The highest BCUT2D eigenvalue weighted by molar-refractivity contribution is 5.59. The van der Waals surface area contributed by atoms with Crippen LogP contribution in [0.1, 0.15) is 32.0 Å². The van der Waals surface area contributed by atoms with E-state index in [2.05, 4.69) is 41.0 Å². The van der Waals surface area contributed by atoms with Crippen LogP contribution in [0.2, 0.25) is 0 Å². The molecular weight excluding hydrogens is 266 g/mol. The van der Waals surface area contributed by atoms with Crippen LogP contribution in [0.4, 0.5) is 5.69 Å². The van der Waals surface area contributed by atoms with E-state index in [-0.39, 0.29) is 5.92 Å². The molecule has 0 bridgehead atoms. The Morgan fingerprint density at radius 2 is 1.95 bits per heavy atom. The van der Waals surface area contributed by atoms with E-state index in [9.17, 15) is 0 Å². The minimum Gasteiger partial charge on any atom is -0.381 e. The van der Waals surface area contributed by atoms with Crippen molar-refractivity contribution in [2.45, 2.75) is 26.2 Å². The fourth-order valence-electron chi connectivity index (χ4n) is 2.66. The second kappa shape index (κ2) is 6.26. The van der Waals surface area contributed by atoms with Gasteiger partial charge < -0.3 is 14.2 Å². The van der Waals surface area contributed by atoms with Crippen LogP contribution in [0.15, 0.2) is 28.8 Å². The maximum Gasteiger partial charge on any atom is 0.257 e. The zero-order valence-corrected chi connectivity index (χ0v) is 12.6. The van der Waals surface area contributed by atoms with Gasteiger partial charge in [-0.3, -0.25) is 0 Å². The lowest BCUT2D eigenvalue weighted by atomic mass is 10.1. The van der Waals surface area contributed by atoms with E-state index in [4.69, 9.17) is 9.26 Å². The summed E-state index contributed by atoms with van der Waals surface area (Å²) < 4.78 is 10.8. The first kappa shape index (κ1) is 14.1. The first-order valence-electron chi connectivity index (χ1n) is 7.58. The van der Waals surface area contributed by atoms with Crippen molar-refractivity contribution in [3.05, 3.63) is 30.1 Å². The fraction of sp³-hybridized carbons (Fsp3) is 0.500. The molecular formula is C16H21N3O2. The Balaban J connectivity index is 1.77. The molecule has 2 aromatic rings. The van der Waals surface area contributed by atoms with E-state index in [1.54, 1.807) is 0 Å². The van der Waals surface area contributed by atoms with Gasteiger partial charge in [-0.25, -0.2) is 0 Å². The Labute approximate surface area is 124 Å². The van der Waals surface area contributed by atoms with Gasteiger partial charge in [0.2, 0.25) is 0 Å². The summed E-state index contributed by atoms with van der Waals surface area (Å²) in [6, 6.07) is 8.28. The summed E-state index contributed by atoms with van der Waals surface area (Å²) in [6.07, 6.45) is 0.972. The Hall–Kier alpha value is -1.88. The van der Waals surface area contributed by atoms with Gasteiger partial charge in [0.1, 0.15) is 0 Å². The van der Waals surface area contributed by atoms with Crippen molar-refractivity contribution in [1.82, 2.24) is 10.1 Å². The molecule has 112 valence electrons. The standard InChI is InChI=1S/C16H21N3O2/c1-3-19(4-2)14-7-5-12(6-8-14)16-17-15(18-21-16)13-9-10-20-11-13/h5-8,13H,3-4,9-11H2,1-2H3/t13-/m1/s1. The summed E-state index contributed by atoms with van der Waals surface area (Å²) in [6.45, 7) is 7.80. The molecule has 0 aliphatic carbocycles. The number of rotatable bonds is 5. The minimum absolute atomic E-state index is 0.275. The smallest absolute Gasteiger partial charge is 0.257 e. The first-order chi connectivity index (χ1) is 10.3. The van der Waals surface area contributed by atoms with Gasteiger partial charge in [0, 0.05) is 36.9 Å². The third-order valence-corrected chi connectivity index (χ3v) is 3.98. The molecule has 0 amide bonds. The van der Waals surface area contributed by atoms with Crippen molar-refractivity contribution < 1.29 is 9.26 Å². The molecule has 21 heavy (non-hydrogen) atoms. The molecule has 5 nitrogen and oxygen atoms in total. The normalized spacial score (nSPS) is 18.1. The van der Waals surface area contributed by atoms with Gasteiger partial charge in [0.25, 0.3) is 5.89 Å². The number of hydrogen-bond donors (Lipinski definition) is 0. The molecule has 0 radical (unpaired) electrons. The zero-order valence-electron chi connectivity index (χ0n) is 12.6. The summed E-state index contributed by atoms with van der Waals surface area (Å²) in [5.41, 5.74) is 2.18. The second-order valence-corrected chi connectivity index (χ2v) is 5.24. The molecule has 0 spiro atoms. The molecule has 1 saturated heterocycles. The maximum atomic E-state index is 5.39. The maximum absolute atomic E-state index is 5.39. The summed E-state index contributed by atoms with van der Waals surface area (Å²) in [4.78, 5) is 6.81.